The number of amides is 1. The molecular weight excluding hydrogens is 331 g/mol. The number of benzene rings is 1. The average Bonchev–Trinajstić information content (AvgIpc) is 2.25. The van der Waals surface area contributed by atoms with Crippen LogP contribution in [0, 0.1) is 3.57 Å². The van der Waals surface area contributed by atoms with Crippen LogP contribution in [0.15, 0.2) is 18.2 Å². The number of nitrogens with one attached hydrogen (secondary N) is 1. The van der Waals surface area contributed by atoms with E-state index in [4.69, 9.17) is 0 Å². The van der Waals surface area contributed by atoms with Crippen LogP contribution in [0.25, 0.3) is 0 Å². The zero-order valence-electron chi connectivity index (χ0n) is 9.61. The smallest absolute Gasteiger partial charge is 0.257 e. The molecule has 4 nitrogen and oxygen atoms in total. The number of phenolic OH excluding ortho intramolecular Hbond substituents is 1. The Hall–Kier alpha value is -0.820. The molecule has 1 heterocycles. The number of carbonyl (C=O) groups is 1. The Bertz CT molecular complexity index is 433. The number of likely N-dealkylation sites (N-methyl/N-ethyl adjacent to an activating group) is 1. The highest BCUT2D eigenvalue weighted by atomic mass is 127. The molecule has 0 aromatic heterocycles. The van der Waals surface area contributed by atoms with Crippen LogP contribution in [0.1, 0.15) is 17.3 Å². The van der Waals surface area contributed by atoms with Gasteiger partial charge >= 0.3 is 0 Å². The van der Waals surface area contributed by atoms with Gasteiger partial charge in [0.05, 0.1) is 11.6 Å². The van der Waals surface area contributed by atoms with Gasteiger partial charge in [-0.1, -0.05) is 0 Å². The van der Waals surface area contributed by atoms with E-state index >= 15 is 0 Å². The van der Waals surface area contributed by atoms with Crippen molar-refractivity contribution in [3.63, 3.8) is 0 Å². The Kier molecular flexibility index (Phi) is 3.88. The van der Waals surface area contributed by atoms with Crippen molar-refractivity contribution in [2.45, 2.75) is 13.0 Å². The fourth-order valence-electron chi connectivity index (χ4n) is 1.90. The minimum atomic E-state index is -0.0879. The molecule has 0 saturated carbocycles. The van der Waals surface area contributed by atoms with Crippen LogP contribution in [-0.4, -0.2) is 41.6 Å². The number of hydrogen-bond acceptors (Lipinski definition) is 3. The highest BCUT2D eigenvalue weighted by Crippen LogP contribution is 2.22. The summed E-state index contributed by atoms with van der Waals surface area (Å²) in [6, 6.07) is 5.34. The zero-order chi connectivity index (χ0) is 12.4. The van der Waals surface area contributed by atoms with E-state index in [9.17, 15) is 9.90 Å². The quantitative estimate of drug-likeness (QED) is 0.815. The van der Waals surface area contributed by atoms with Crippen LogP contribution >= 0.6 is 22.6 Å². The summed E-state index contributed by atoms with van der Waals surface area (Å²) in [6.45, 7) is 4.30. The van der Waals surface area contributed by atoms with Gasteiger partial charge in [-0.3, -0.25) is 4.79 Å². The molecule has 2 rings (SSSR count). The van der Waals surface area contributed by atoms with Gasteiger partial charge in [0.15, 0.2) is 0 Å². The molecule has 1 aromatic rings. The Morgan fingerprint density at radius 2 is 2.29 bits per heavy atom. The van der Waals surface area contributed by atoms with E-state index in [1.54, 1.807) is 18.2 Å². The summed E-state index contributed by atoms with van der Waals surface area (Å²) >= 11 is 2.14. The number of carbonyl (C=O) groups excluding carboxylic acids is 1. The third kappa shape index (κ3) is 2.55. The monoisotopic (exact) mass is 346 g/mol. The number of aromatic hydroxyl groups is 1. The molecule has 1 aliphatic rings. The van der Waals surface area contributed by atoms with Crippen molar-refractivity contribution in [3.05, 3.63) is 27.3 Å². The van der Waals surface area contributed by atoms with Crippen molar-refractivity contribution >= 4 is 28.5 Å². The second kappa shape index (κ2) is 5.22. The maximum absolute atomic E-state index is 12.3. The molecule has 0 unspecified atom stereocenters. The molecule has 1 aliphatic heterocycles. The van der Waals surface area contributed by atoms with Crippen molar-refractivity contribution < 1.29 is 9.90 Å². The molecular formula is C12H15IN2O2. The first kappa shape index (κ1) is 12.6. The summed E-state index contributed by atoms with van der Waals surface area (Å²) in [5.41, 5.74) is 0.394. The summed E-state index contributed by atoms with van der Waals surface area (Å²) < 4.78 is 0.950. The number of hydrogen-bond donors (Lipinski definition) is 2. The lowest BCUT2D eigenvalue weighted by molar-refractivity contribution is 0.0627. The Morgan fingerprint density at radius 3 is 2.82 bits per heavy atom. The molecule has 0 radical (unpaired) electrons. The van der Waals surface area contributed by atoms with Gasteiger partial charge in [0.25, 0.3) is 5.91 Å². The first-order valence-corrected chi connectivity index (χ1v) is 6.71. The number of rotatable bonds is 3. The van der Waals surface area contributed by atoms with Crippen LogP contribution in [0.5, 0.6) is 5.75 Å². The summed E-state index contributed by atoms with van der Waals surface area (Å²) in [4.78, 5) is 14.1. The number of nitrogens with zero attached hydrogens (tertiary/aromatic N) is 1. The number of halogens is 1. The Labute approximate surface area is 114 Å². The van der Waals surface area contributed by atoms with E-state index in [0.29, 0.717) is 12.1 Å². The highest BCUT2D eigenvalue weighted by molar-refractivity contribution is 14.1. The molecule has 0 atom stereocenters. The molecule has 2 N–H and O–H groups in total. The third-order valence-electron chi connectivity index (χ3n) is 2.99. The molecule has 0 spiro atoms. The van der Waals surface area contributed by atoms with Crippen molar-refractivity contribution in [3.8, 4) is 5.75 Å². The molecule has 92 valence electrons. The fourth-order valence-corrected chi connectivity index (χ4v) is 2.39. The zero-order valence-corrected chi connectivity index (χ0v) is 11.8. The molecule has 1 saturated heterocycles. The average molecular weight is 346 g/mol. The predicted molar refractivity (Wildman–Crippen MR) is 74.2 cm³/mol. The molecule has 1 aromatic carbocycles. The van der Waals surface area contributed by atoms with E-state index in [0.717, 1.165) is 16.7 Å². The molecule has 1 amide bonds. The highest BCUT2D eigenvalue weighted by Gasteiger charge is 2.29. The summed E-state index contributed by atoms with van der Waals surface area (Å²) in [7, 11) is 0. The first-order chi connectivity index (χ1) is 8.13. The minimum Gasteiger partial charge on any atom is -0.507 e. The van der Waals surface area contributed by atoms with Crippen LogP contribution in [0.3, 0.4) is 0 Å². The summed E-state index contributed by atoms with van der Waals surface area (Å²) in [5, 5.41) is 12.9. The van der Waals surface area contributed by atoms with E-state index < -0.39 is 0 Å². The van der Waals surface area contributed by atoms with E-state index in [-0.39, 0.29) is 17.7 Å². The molecule has 0 bridgehead atoms. The molecule has 5 heteroatoms. The van der Waals surface area contributed by atoms with Gasteiger partial charge in [0, 0.05) is 23.2 Å². The second-order valence-electron chi connectivity index (χ2n) is 4.06. The molecule has 1 fully saturated rings. The van der Waals surface area contributed by atoms with E-state index in [2.05, 4.69) is 27.9 Å². The van der Waals surface area contributed by atoms with Crippen LogP contribution < -0.4 is 5.32 Å². The normalized spacial score (nSPS) is 15.4. The predicted octanol–water partition coefficient (Wildman–Crippen LogP) is 1.43. The van der Waals surface area contributed by atoms with Crippen molar-refractivity contribution in [2.75, 3.05) is 19.6 Å². The lowest BCUT2D eigenvalue weighted by Crippen LogP contribution is -2.58. The van der Waals surface area contributed by atoms with Gasteiger partial charge in [-0.15, -0.1) is 0 Å². The standard InChI is InChI=1S/C12H15IN2O2/c1-2-15(9-6-14-7-9)12(17)10-5-8(13)3-4-11(10)16/h3-5,9,14,16H,2,6-7H2,1H3. The second-order valence-corrected chi connectivity index (χ2v) is 5.31. The summed E-state index contributed by atoms with van der Waals surface area (Å²) in [6.07, 6.45) is 0. The van der Waals surface area contributed by atoms with Crippen LogP contribution in [0.4, 0.5) is 0 Å². The van der Waals surface area contributed by atoms with Gasteiger partial charge in [0.2, 0.25) is 0 Å². The maximum Gasteiger partial charge on any atom is 0.257 e. The lowest BCUT2D eigenvalue weighted by atomic mass is 10.1. The van der Waals surface area contributed by atoms with E-state index in [1.807, 2.05) is 11.8 Å². The van der Waals surface area contributed by atoms with Crippen LogP contribution in [-0.2, 0) is 0 Å². The Balaban J connectivity index is 2.25. The number of phenols is 1. The van der Waals surface area contributed by atoms with Gasteiger partial charge in [-0.05, 0) is 47.7 Å². The van der Waals surface area contributed by atoms with Gasteiger partial charge in [0.1, 0.15) is 5.75 Å². The van der Waals surface area contributed by atoms with E-state index in [1.165, 1.54) is 0 Å². The maximum atomic E-state index is 12.3. The van der Waals surface area contributed by atoms with Gasteiger partial charge < -0.3 is 15.3 Å². The minimum absolute atomic E-state index is 0.0566. The Morgan fingerprint density at radius 1 is 1.59 bits per heavy atom. The fraction of sp³-hybridized carbons (Fsp3) is 0.417. The largest absolute Gasteiger partial charge is 0.507 e. The van der Waals surface area contributed by atoms with Gasteiger partial charge in [-0.25, -0.2) is 0 Å². The molecule has 17 heavy (non-hydrogen) atoms. The van der Waals surface area contributed by atoms with Crippen molar-refractivity contribution in [1.82, 2.24) is 10.2 Å². The van der Waals surface area contributed by atoms with Crippen LogP contribution in [0.2, 0.25) is 0 Å². The van der Waals surface area contributed by atoms with Crippen molar-refractivity contribution in [1.29, 1.82) is 0 Å². The third-order valence-corrected chi connectivity index (χ3v) is 3.66. The summed E-state index contributed by atoms with van der Waals surface area (Å²) in [5.74, 6) is -0.0313. The van der Waals surface area contributed by atoms with Crippen molar-refractivity contribution in [2.24, 2.45) is 0 Å². The molecule has 0 aliphatic carbocycles. The topological polar surface area (TPSA) is 52.6 Å². The first-order valence-electron chi connectivity index (χ1n) is 5.63. The SMILES string of the molecule is CCN(C(=O)c1cc(I)ccc1O)C1CNC1. The lowest BCUT2D eigenvalue weighted by Gasteiger charge is -2.37. The van der Waals surface area contributed by atoms with Gasteiger partial charge in [-0.2, -0.15) is 0 Å².